The number of nitrogens with zero attached hydrogens (tertiary/aromatic N) is 1. The molecule has 2 fully saturated rings. The van der Waals surface area contributed by atoms with Gasteiger partial charge in [0, 0.05) is 30.9 Å². The number of hydrogen-bond acceptors (Lipinski definition) is 2. The van der Waals surface area contributed by atoms with Crippen LogP contribution < -0.4 is 10.2 Å². The monoisotopic (exact) mass is 230 g/mol. The van der Waals surface area contributed by atoms with Gasteiger partial charge in [-0.1, -0.05) is 31.0 Å². The molecule has 1 heterocycles. The third-order valence-corrected chi connectivity index (χ3v) is 4.31. The third kappa shape index (κ3) is 2.06. The number of anilines is 1. The maximum Gasteiger partial charge on any atom is 0.0443 e. The van der Waals surface area contributed by atoms with Crippen LogP contribution in [-0.4, -0.2) is 25.2 Å². The van der Waals surface area contributed by atoms with Gasteiger partial charge in [0.15, 0.2) is 0 Å². The molecule has 1 N–H and O–H groups in total. The van der Waals surface area contributed by atoms with Crippen molar-refractivity contribution in [3.8, 4) is 0 Å². The Kier molecular flexibility index (Phi) is 3.06. The molecule has 1 aromatic carbocycles. The highest BCUT2D eigenvalue weighted by Crippen LogP contribution is 2.31. The SMILES string of the molecule is Cc1ccccc1N1CCNC2CCCCC21. The molecule has 17 heavy (non-hydrogen) atoms. The Balaban J connectivity index is 1.88. The third-order valence-electron chi connectivity index (χ3n) is 4.31. The first-order valence-corrected chi connectivity index (χ1v) is 6.92. The Labute approximate surface area is 104 Å². The minimum absolute atomic E-state index is 0.720. The molecule has 2 aliphatic rings. The van der Waals surface area contributed by atoms with Crippen LogP contribution in [-0.2, 0) is 0 Å². The topological polar surface area (TPSA) is 15.3 Å². The highest BCUT2D eigenvalue weighted by molar-refractivity contribution is 5.54. The van der Waals surface area contributed by atoms with Gasteiger partial charge in [0.1, 0.15) is 0 Å². The molecule has 3 rings (SSSR count). The zero-order chi connectivity index (χ0) is 11.7. The molecule has 0 radical (unpaired) electrons. The average Bonchev–Trinajstić information content (AvgIpc) is 2.39. The van der Waals surface area contributed by atoms with Gasteiger partial charge < -0.3 is 10.2 Å². The molecular weight excluding hydrogens is 208 g/mol. The van der Waals surface area contributed by atoms with Crippen molar-refractivity contribution < 1.29 is 0 Å². The van der Waals surface area contributed by atoms with Crippen LogP contribution in [0.5, 0.6) is 0 Å². The first-order valence-electron chi connectivity index (χ1n) is 6.92. The van der Waals surface area contributed by atoms with Gasteiger partial charge in [-0.05, 0) is 31.4 Å². The zero-order valence-electron chi connectivity index (χ0n) is 10.7. The van der Waals surface area contributed by atoms with Crippen LogP contribution in [0.25, 0.3) is 0 Å². The van der Waals surface area contributed by atoms with Crippen molar-refractivity contribution in [1.82, 2.24) is 5.32 Å². The fourth-order valence-corrected chi connectivity index (χ4v) is 3.44. The summed E-state index contributed by atoms with van der Waals surface area (Å²) >= 11 is 0. The summed E-state index contributed by atoms with van der Waals surface area (Å²) in [6, 6.07) is 10.3. The summed E-state index contributed by atoms with van der Waals surface area (Å²) in [5.74, 6) is 0. The van der Waals surface area contributed by atoms with E-state index < -0.39 is 0 Å². The van der Waals surface area contributed by atoms with Crippen molar-refractivity contribution in [1.29, 1.82) is 0 Å². The van der Waals surface area contributed by atoms with Crippen LogP contribution >= 0.6 is 0 Å². The number of aryl methyl sites for hydroxylation is 1. The van der Waals surface area contributed by atoms with E-state index in [9.17, 15) is 0 Å². The Hall–Kier alpha value is -1.02. The van der Waals surface area contributed by atoms with E-state index in [1.165, 1.54) is 36.9 Å². The van der Waals surface area contributed by atoms with Crippen LogP contribution in [0.4, 0.5) is 5.69 Å². The Morgan fingerprint density at radius 2 is 2.00 bits per heavy atom. The van der Waals surface area contributed by atoms with Crippen LogP contribution in [0.1, 0.15) is 31.2 Å². The fourth-order valence-electron chi connectivity index (χ4n) is 3.44. The largest absolute Gasteiger partial charge is 0.365 e. The molecule has 92 valence electrons. The lowest BCUT2D eigenvalue weighted by molar-refractivity contribution is 0.284. The van der Waals surface area contributed by atoms with Gasteiger partial charge in [0.25, 0.3) is 0 Å². The smallest absolute Gasteiger partial charge is 0.0443 e. The van der Waals surface area contributed by atoms with Crippen molar-refractivity contribution in [2.75, 3.05) is 18.0 Å². The molecule has 2 unspecified atom stereocenters. The average molecular weight is 230 g/mol. The first kappa shape index (κ1) is 11.1. The molecular formula is C15H22N2. The molecule has 1 aliphatic heterocycles. The molecule has 0 bridgehead atoms. The van der Waals surface area contributed by atoms with E-state index in [0.717, 1.165) is 25.2 Å². The molecule has 1 saturated carbocycles. The summed E-state index contributed by atoms with van der Waals surface area (Å²) in [5.41, 5.74) is 2.87. The summed E-state index contributed by atoms with van der Waals surface area (Å²) in [6.07, 6.45) is 5.50. The number of para-hydroxylation sites is 1. The normalized spacial score (nSPS) is 28.9. The van der Waals surface area contributed by atoms with E-state index >= 15 is 0 Å². The van der Waals surface area contributed by atoms with Gasteiger partial charge >= 0.3 is 0 Å². The highest BCUT2D eigenvalue weighted by Gasteiger charge is 2.33. The molecule has 1 aliphatic carbocycles. The Morgan fingerprint density at radius 3 is 2.88 bits per heavy atom. The van der Waals surface area contributed by atoms with E-state index in [0.29, 0.717) is 0 Å². The van der Waals surface area contributed by atoms with Gasteiger partial charge in [0.05, 0.1) is 0 Å². The van der Waals surface area contributed by atoms with Gasteiger partial charge in [-0.2, -0.15) is 0 Å². The minimum atomic E-state index is 0.720. The predicted molar refractivity (Wildman–Crippen MR) is 72.6 cm³/mol. The summed E-state index contributed by atoms with van der Waals surface area (Å²) < 4.78 is 0. The van der Waals surface area contributed by atoms with Crippen LogP contribution in [0.15, 0.2) is 24.3 Å². The number of nitrogens with one attached hydrogen (secondary N) is 1. The van der Waals surface area contributed by atoms with E-state index in [1.807, 2.05) is 0 Å². The Morgan fingerprint density at radius 1 is 1.18 bits per heavy atom. The molecule has 2 nitrogen and oxygen atoms in total. The number of benzene rings is 1. The lowest BCUT2D eigenvalue weighted by atomic mass is 9.87. The Bertz CT molecular complexity index is 386. The molecule has 2 heteroatoms. The van der Waals surface area contributed by atoms with Crippen molar-refractivity contribution in [2.24, 2.45) is 0 Å². The summed E-state index contributed by atoms with van der Waals surface area (Å²) in [7, 11) is 0. The maximum atomic E-state index is 3.70. The number of hydrogen-bond donors (Lipinski definition) is 1. The number of rotatable bonds is 1. The number of fused-ring (bicyclic) bond motifs is 1. The van der Waals surface area contributed by atoms with Gasteiger partial charge in [-0.3, -0.25) is 0 Å². The summed E-state index contributed by atoms with van der Waals surface area (Å²) in [5, 5.41) is 3.70. The van der Waals surface area contributed by atoms with Gasteiger partial charge in [-0.25, -0.2) is 0 Å². The molecule has 1 saturated heterocycles. The molecule has 1 aromatic rings. The number of piperazine rings is 1. The second kappa shape index (κ2) is 4.69. The second-order valence-electron chi connectivity index (χ2n) is 5.39. The molecule has 0 aromatic heterocycles. The summed E-state index contributed by atoms with van der Waals surface area (Å²) in [6.45, 7) is 4.52. The quantitative estimate of drug-likeness (QED) is 0.798. The molecule has 0 spiro atoms. The minimum Gasteiger partial charge on any atom is -0.365 e. The lowest BCUT2D eigenvalue weighted by Crippen LogP contribution is -2.59. The second-order valence-corrected chi connectivity index (χ2v) is 5.39. The first-order chi connectivity index (χ1) is 8.36. The van der Waals surface area contributed by atoms with Crippen LogP contribution in [0.2, 0.25) is 0 Å². The van der Waals surface area contributed by atoms with E-state index in [1.54, 1.807) is 0 Å². The van der Waals surface area contributed by atoms with Crippen molar-refractivity contribution in [2.45, 2.75) is 44.7 Å². The van der Waals surface area contributed by atoms with Crippen LogP contribution in [0.3, 0.4) is 0 Å². The van der Waals surface area contributed by atoms with E-state index in [-0.39, 0.29) is 0 Å². The zero-order valence-corrected chi connectivity index (χ0v) is 10.7. The van der Waals surface area contributed by atoms with E-state index in [2.05, 4.69) is 41.4 Å². The van der Waals surface area contributed by atoms with Gasteiger partial charge in [0.2, 0.25) is 0 Å². The lowest BCUT2D eigenvalue weighted by Gasteiger charge is -2.46. The van der Waals surface area contributed by atoms with Gasteiger partial charge in [-0.15, -0.1) is 0 Å². The van der Waals surface area contributed by atoms with Crippen molar-refractivity contribution in [3.63, 3.8) is 0 Å². The van der Waals surface area contributed by atoms with Crippen LogP contribution in [0, 0.1) is 6.92 Å². The van der Waals surface area contributed by atoms with Crippen molar-refractivity contribution in [3.05, 3.63) is 29.8 Å². The van der Waals surface area contributed by atoms with Crippen molar-refractivity contribution >= 4 is 5.69 Å². The van der Waals surface area contributed by atoms with E-state index in [4.69, 9.17) is 0 Å². The highest BCUT2D eigenvalue weighted by atomic mass is 15.2. The molecule has 2 atom stereocenters. The predicted octanol–water partition coefficient (Wildman–Crippen LogP) is 2.72. The fraction of sp³-hybridized carbons (Fsp3) is 0.600. The maximum absolute atomic E-state index is 3.70. The summed E-state index contributed by atoms with van der Waals surface area (Å²) in [4.78, 5) is 2.65. The standard InChI is InChI=1S/C15H22N2/c1-12-6-2-4-8-14(12)17-11-10-16-13-7-3-5-9-15(13)17/h2,4,6,8,13,15-16H,3,5,7,9-11H2,1H3. The molecule has 0 amide bonds.